The maximum absolute atomic E-state index is 12.3. The van der Waals surface area contributed by atoms with Crippen LogP contribution in [0.3, 0.4) is 0 Å². The first-order valence-corrected chi connectivity index (χ1v) is 7.96. The highest BCUT2D eigenvalue weighted by Crippen LogP contribution is 2.13. The van der Waals surface area contributed by atoms with Crippen molar-refractivity contribution in [3.05, 3.63) is 69.7 Å². The van der Waals surface area contributed by atoms with Crippen LogP contribution < -0.4 is 5.32 Å². The lowest BCUT2D eigenvalue weighted by atomic mass is 10.0. The fourth-order valence-corrected chi connectivity index (χ4v) is 2.56. The first kappa shape index (κ1) is 17.7. The molecule has 0 heterocycles. The molecule has 24 heavy (non-hydrogen) atoms. The Morgan fingerprint density at radius 3 is 2.54 bits per heavy atom. The van der Waals surface area contributed by atoms with Crippen molar-refractivity contribution in [3.63, 3.8) is 0 Å². The monoisotopic (exact) mass is 386 g/mol. The number of halogens is 1. The van der Waals surface area contributed by atoms with E-state index < -0.39 is 12.0 Å². The fraction of sp³-hybridized carbons (Fsp3) is 0.167. The van der Waals surface area contributed by atoms with Crippen LogP contribution >= 0.6 is 15.9 Å². The highest BCUT2D eigenvalue weighted by Gasteiger charge is 2.22. The number of carbonyl (C=O) groups excluding carboxylic acids is 2. The van der Waals surface area contributed by atoms with E-state index in [1.54, 1.807) is 42.5 Å². The third-order valence-corrected chi connectivity index (χ3v) is 3.89. The van der Waals surface area contributed by atoms with Gasteiger partial charge in [-0.2, -0.15) is 5.26 Å². The summed E-state index contributed by atoms with van der Waals surface area (Å²) >= 11 is 3.31. The third kappa shape index (κ3) is 4.67. The Hall–Kier alpha value is -2.65. The lowest BCUT2D eigenvalue weighted by Gasteiger charge is -2.17. The molecule has 0 radical (unpaired) electrons. The number of amides is 1. The van der Waals surface area contributed by atoms with Gasteiger partial charge in [0, 0.05) is 16.5 Å². The van der Waals surface area contributed by atoms with Gasteiger partial charge in [0.05, 0.1) is 18.7 Å². The van der Waals surface area contributed by atoms with Gasteiger partial charge in [0.25, 0.3) is 5.91 Å². The zero-order valence-corrected chi connectivity index (χ0v) is 14.5. The quantitative estimate of drug-likeness (QED) is 0.801. The Balaban J connectivity index is 2.14. The summed E-state index contributed by atoms with van der Waals surface area (Å²) in [5, 5.41) is 11.5. The Bertz CT molecular complexity index is 782. The second kappa shape index (κ2) is 8.27. The predicted octanol–water partition coefficient (Wildman–Crippen LogP) is 2.83. The van der Waals surface area contributed by atoms with Crippen molar-refractivity contribution >= 4 is 27.8 Å². The van der Waals surface area contributed by atoms with E-state index in [0.29, 0.717) is 11.1 Å². The van der Waals surface area contributed by atoms with E-state index in [1.807, 2.05) is 12.1 Å². The van der Waals surface area contributed by atoms with Gasteiger partial charge in [0.15, 0.2) is 0 Å². The summed E-state index contributed by atoms with van der Waals surface area (Å²) in [5.74, 6) is -0.886. The van der Waals surface area contributed by atoms with Crippen molar-refractivity contribution in [2.45, 2.75) is 12.5 Å². The Kier molecular flexibility index (Phi) is 6.10. The van der Waals surface area contributed by atoms with Crippen LogP contribution in [-0.2, 0) is 16.0 Å². The van der Waals surface area contributed by atoms with Gasteiger partial charge in [0.2, 0.25) is 0 Å². The molecule has 1 N–H and O–H groups in total. The zero-order valence-electron chi connectivity index (χ0n) is 13.0. The molecule has 122 valence electrons. The van der Waals surface area contributed by atoms with Crippen LogP contribution in [0.4, 0.5) is 0 Å². The molecule has 0 aliphatic heterocycles. The van der Waals surface area contributed by atoms with E-state index in [-0.39, 0.29) is 12.3 Å². The first-order chi connectivity index (χ1) is 11.5. The molecule has 0 aliphatic carbocycles. The molecule has 0 spiro atoms. The molecule has 0 aliphatic rings. The lowest BCUT2D eigenvalue weighted by Crippen LogP contribution is -2.43. The van der Waals surface area contributed by atoms with Crippen molar-refractivity contribution in [1.29, 1.82) is 5.26 Å². The minimum absolute atomic E-state index is 0.276. The van der Waals surface area contributed by atoms with Gasteiger partial charge in [0.1, 0.15) is 6.04 Å². The number of nitrogens with zero attached hydrogens (tertiary/aromatic N) is 1. The molecule has 0 fully saturated rings. The van der Waals surface area contributed by atoms with Crippen molar-refractivity contribution in [2.24, 2.45) is 0 Å². The standard InChI is InChI=1S/C18H15BrN2O3/c1-24-18(23)16(9-12-5-7-13(11-20)8-6-12)21-17(22)14-3-2-4-15(19)10-14/h2-8,10,16H,9H2,1H3,(H,21,22)/t16-/m0/s1. The lowest BCUT2D eigenvalue weighted by molar-refractivity contribution is -0.142. The Morgan fingerprint density at radius 2 is 1.96 bits per heavy atom. The average Bonchev–Trinajstić information content (AvgIpc) is 2.61. The van der Waals surface area contributed by atoms with Crippen LogP contribution in [0, 0.1) is 11.3 Å². The molecule has 5 nitrogen and oxygen atoms in total. The molecule has 0 saturated carbocycles. The van der Waals surface area contributed by atoms with E-state index in [0.717, 1.165) is 10.0 Å². The summed E-state index contributed by atoms with van der Waals surface area (Å²) in [7, 11) is 1.28. The second-order valence-electron chi connectivity index (χ2n) is 5.07. The minimum Gasteiger partial charge on any atom is -0.467 e. The van der Waals surface area contributed by atoms with Gasteiger partial charge >= 0.3 is 5.97 Å². The normalized spacial score (nSPS) is 11.2. The van der Waals surface area contributed by atoms with Gasteiger partial charge in [-0.3, -0.25) is 4.79 Å². The topological polar surface area (TPSA) is 79.2 Å². The maximum atomic E-state index is 12.3. The summed E-state index contributed by atoms with van der Waals surface area (Å²) in [6.45, 7) is 0. The largest absolute Gasteiger partial charge is 0.467 e. The molecule has 0 saturated heterocycles. The van der Waals surface area contributed by atoms with E-state index >= 15 is 0 Å². The van der Waals surface area contributed by atoms with Crippen LogP contribution in [0.1, 0.15) is 21.5 Å². The summed E-state index contributed by atoms with van der Waals surface area (Å²) < 4.78 is 5.55. The molecular formula is C18H15BrN2O3. The van der Waals surface area contributed by atoms with E-state index in [1.165, 1.54) is 7.11 Å². The number of carbonyl (C=O) groups is 2. The van der Waals surface area contributed by atoms with Crippen LogP contribution in [0.15, 0.2) is 53.0 Å². The smallest absolute Gasteiger partial charge is 0.328 e. The van der Waals surface area contributed by atoms with Crippen molar-refractivity contribution < 1.29 is 14.3 Å². The average molecular weight is 387 g/mol. The number of rotatable bonds is 5. The van der Waals surface area contributed by atoms with Crippen LogP contribution in [0.25, 0.3) is 0 Å². The molecule has 0 unspecified atom stereocenters. The molecule has 0 bridgehead atoms. The summed E-state index contributed by atoms with van der Waals surface area (Å²) in [4.78, 5) is 24.3. The molecule has 6 heteroatoms. The number of hydrogen-bond donors (Lipinski definition) is 1. The SMILES string of the molecule is COC(=O)[C@H](Cc1ccc(C#N)cc1)NC(=O)c1cccc(Br)c1. The number of esters is 1. The van der Waals surface area contributed by atoms with Gasteiger partial charge in [-0.05, 0) is 35.9 Å². The summed E-state index contributed by atoms with van der Waals surface area (Å²) in [6.07, 6.45) is 0.276. The molecular weight excluding hydrogens is 372 g/mol. The van der Waals surface area contributed by atoms with Crippen LogP contribution in [0.5, 0.6) is 0 Å². The van der Waals surface area contributed by atoms with Crippen LogP contribution in [-0.4, -0.2) is 25.0 Å². The van der Waals surface area contributed by atoms with Crippen molar-refractivity contribution in [3.8, 4) is 6.07 Å². The van der Waals surface area contributed by atoms with E-state index in [2.05, 4.69) is 21.2 Å². The first-order valence-electron chi connectivity index (χ1n) is 7.17. The number of nitriles is 1. The van der Waals surface area contributed by atoms with Gasteiger partial charge in [-0.15, -0.1) is 0 Å². The van der Waals surface area contributed by atoms with E-state index in [9.17, 15) is 9.59 Å². The Labute approximate surface area is 148 Å². The number of nitrogens with one attached hydrogen (secondary N) is 1. The Morgan fingerprint density at radius 1 is 1.25 bits per heavy atom. The van der Waals surface area contributed by atoms with Gasteiger partial charge in [-0.25, -0.2) is 4.79 Å². The fourth-order valence-electron chi connectivity index (χ4n) is 2.16. The second-order valence-corrected chi connectivity index (χ2v) is 5.99. The zero-order chi connectivity index (χ0) is 17.5. The van der Waals surface area contributed by atoms with Crippen molar-refractivity contribution in [2.75, 3.05) is 7.11 Å². The number of hydrogen-bond acceptors (Lipinski definition) is 4. The van der Waals surface area contributed by atoms with Crippen LogP contribution in [0.2, 0.25) is 0 Å². The molecule has 0 aromatic heterocycles. The number of methoxy groups -OCH3 is 1. The summed E-state index contributed by atoms with van der Waals surface area (Å²) in [6, 6.07) is 14.9. The highest BCUT2D eigenvalue weighted by molar-refractivity contribution is 9.10. The van der Waals surface area contributed by atoms with Gasteiger partial charge < -0.3 is 10.1 Å². The number of benzene rings is 2. The predicted molar refractivity (Wildman–Crippen MR) is 92.3 cm³/mol. The maximum Gasteiger partial charge on any atom is 0.328 e. The third-order valence-electron chi connectivity index (χ3n) is 3.40. The summed E-state index contributed by atoms with van der Waals surface area (Å²) in [5.41, 5.74) is 1.79. The van der Waals surface area contributed by atoms with Crippen molar-refractivity contribution in [1.82, 2.24) is 5.32 Å². The molecule has 1 atom stereocenters. The minimum atomic E-state index is -0.811. The highest BCUT2D eigenvalue weighted by atomic mass is 79.9. The van der Waals surface area contributed by atoms with E-state index in [4.69, 9.17) is 10.00 Å². The molecule has 1 amide bonds. The number of ether oxygens (including phenoxy) is 1. The van der Waals surface area contributed by atoms with Gasteiger partial charge in [-0.1, -0.05) is 34.1 Å². The molecule has 2 aromatic carbocycles. The molecule has 2 aromatic rings. The molecule has 2 rings (SSSR count).